The van der Waals surface area contributed by atoms with Crippen LogP contribution in [0.1, 0.15) is 30.5 Å². The molecule has 1 aromatic rings. The maximum atomic E-state index is 6.04. The van der Waals surface area contributed by atoms with Gasteiger partial charge in [0.2, 0.25) is 0 Å². The highest BCUT2D eigenvalue weighted by atomic mass is 16.5. The molecule has 1 aliphatic rings. The summed E-state index contributed by atoms with van der Waals surface area (Å²) < 4.78 is 6.04. The van der Waals surface area contributed by atoms with Gasteiger partial charge >= 0.3 is 0 Å². The molecule has 1 saturated heterocycles. The minimum atomic E-state index is 0.231. The van der Waals surface area contributed by atoms with Crippen LogP contribution in [0.2, 0.25) is 0 Å². The predicted molar refractivity (Wildman–Crippen MR) is 84.7 cm³/mol. The minimum Gasteiger partial charge on any atom is -0.490 e. The fourth-order valence-electron chi connectivity index (χ4n) is 2.85. The number of hydrogen-bond donors (Lipinski definition) is 1. The maximum Gasteiger partial charge on any atom is 0.125 e. The van der Waals surface area contributed by atoms with Gasteiger partial charge in [-0.05, 0) is 45.2 Å². The number of piperazine rings is 1. The van der Waals surface area contributed by atoms with Crippen LogP contribution in [0.5, 0.6) is 5.75 Å². The predicted octanol–water partition coefficient (Wildman–Crippen LogP) is 2.54. The van der Waals surface area contributed by atoms with Crippen molar-refractivity contribution in [3.63, 3.8) is 0 Å². The van der Waals surface area contributed by atoms with E-state index in [1.54, 1.807) is 0 Å². The summed E-state index contributed by atoms with van der Waals surface area (Å²) in [6.45, 7) is 14.2. The van der Waals surface area contributed by atoms with Crippen LogP contribution in [-0.2, 0) is 6.42 Å². The number of rotatable bonds is 5. The Balaban J connectivity index is 2.08. The first kappa shape index (κ1) is 15.3. The molecule has 3 nitrogen and oxygen atoms in total. The van der Waals surface area contributed by atoms with Crippen molar-refractivity contribution in [2.45, 2.75) is 40.2 Å². The highest BCUT2D eigenvalue weighted by Crippen LogP contribution is 2.27. The molecule has 20 heavy (non-hydrogen) atoms. The number of hydrogen-bond acceptors (Lipinski definition) is 3. The van der Waals surface area contributed by atoms with Crippen LogP contribution < -0.4 is 10.1 Å². The summed E-state index contributed by atoms with van der Waals surface area (Å²) in [6, 6.07) is 4.50. The zero-order chi connectivity index (χ0) is 14.5. The Labute approximate surface area is 123 Å². The van der Waals surface area contributed by atoms with Crippen LogP contribution >= 0.6 is 0 Å². The molecule has 1 heterocycles. The van der Waals surface area contributed by atoms with E-state index in [-0.39, 0.29) is 6.10 Å². The second-order valence-electron chi connectivity index (χ2n) is 6.08. The summed E-state index contributed by atoms with van der Waals surface area (Å²) in [7, 11) is 0. The Morgan fingerprint density at radius 2 is 1.90 bits per heavy atom. The zero-order valence-corrected chi connectivity index (χ0v) is 13.3. The van der Waals surface area contributed by atoms with E-state index >= 15 is 0 Å². The molecule has 0 radical (unpaired) electrons. The van der Waals surface area contributed by atoms with Gasteiger partial charge in [0.15, 0.2) is 0 Å². The van der Waals surface area contributed by atoms with Gasteiger partial charge in [-0.3, -0.25) is 0 Å². The first-order valence-corrected chi connectivity index (χ1v) is 7.76. The van der Waals surface area contributed by atoms with Gasteiger partial charge in [-0.2, -0.15) is 0 Å². The lowest BCUT2D eigenvalue weighted by atomic mass is 10.0. The van der Waals surface area contributed by atoms with Crippen LogP contribution in [0.15, 0.2) is 12.1 Å². The Morgan fingerprint density at radius 3 is 2.55 bits per heavy atom. The van der Waals surface area contributed by atoms with E-state index in [4.69, 9.17) is 4.74 Å². The van der Waals surface area contributed by atoms with Crippen LogP contribution in [0.3, 0.4) is 0 Å². The van der Waals surface area contributed by atoms with Crippen molar-refractivity contribution in [3.8, 4) is 5.75 Å². The lowest BCUT2D eigenvalue weighted by Crippen LogP contribution is -2.44. The fourth-order valence-corrected chi connectivity index (χ4v) is 2.85. The zero-order valence-electron chi connectivity index (χ0n) is 13.3. The largest absolute Gasteiger partial charge is 0.490 e. The Morgan fingerprint density at radius 1 is 1.20 bits per heavy atom. The first-order valence-electron chi connectivity index (χ1n) is 7.76. The number of aryl methyl sites for hydroxylation is 2. The van der Waals surface area contributed by atoms with Crippen LogP contribution in [0.25, 0.3) is 0 Å². The molecule has 0 amide bonds. The van der Waals surface area contributed by atoms with E-state index in [0.717, 1.165) is 44.9 Å². The molecule has 3 heteroatoms. The second kappa shape index (κ2) is 7.09. The van der Waals surface area contributed by atoms with Crippen molar-refractivity contribution < 1.29 is 4.74 Å². The summed E-state index contributed by atoms with van der Waals surface area (Å²) in [5.41, 5.74) is 3.94. The molecule has 0 aliphatic carbocycles. The summed E-state index contributed by atoms with van der Waals surface area (Å²) in [4.78, 5) is 2.54. The third-order valence-electron chi connectivity index (χ3n) is 3.76. The Kier molecular flexibility index (Phi) is 5.44. The highest BCUT2D eigenvalue weighted by molar-refractivity contribution is 5.44. The van der Waals surface area contributed by atoms with E-state index in [1.807, 2.05) is 0 Å². The van der Waals surface area contributed by atoms with Gasteiger partial charge in [-0.1, -0.05) is 17.7 Å². The molecule has 1 aliphatic heterocycles. The maximum absolute atomic E-state index is 6.04. The molecule has 0 aromatic heterocycles. The van der Waals surface area contributed by atoms with E-state index in [2.05, 4.69) is 50.0 Å². The minimum absolute atomic E-state index is 0.231. The Hall–Kier alpha value is -1.06. The summed E-state index contributed by atoms with van der Waals surface area (Å²) in [5, 5.41) is 3.40. The second-order valence-corrected chi connectivity index (χ2v) is 6.08. The van der Waals surface area contributed by atoms with Gasteiger partial charge in [-0.15, -0.1) is 0 Å². The molecule has 1 N–H and O–H groups in total. The van der Waals surface area contributed by atoms with Crippen molar-refractivity contribution in [1.29, 1.82) is 0 Å². The quantitative estimate of drug-likeness (QED) is 0.894. The molecule has 0 bridgehead atoms. The smallest absolute Gasteiger partial charge is 0.125 e. The topological polar surface area (TPSA) is 24.5 Å². The molecule has 2 rings (SSSR count). The molecular weight excluding hydrogens is 248 g/mol. The lowest BCUT2D eigenvalue weighted by Gasteiger charge is -2.27. The normalized spacial score (nSPS) is 16.6. The average molecular weight is 276 g/mol. The van der Waals surface area contributed by atoms with Crippen molar-refractivity contribution >= 4 is 0 Å². The molecule has 0 saturated carbocycles. The summed E-state index contributed by atoms with van der Waals surface area (Å²) in [5.74, 6) is 1.10. The lowest BCUT2D eigenvalue weighted by molar-refractivity contribution is 0.229. The number of nitrogens with one attached hydrogen (secondary N) is 1. The summed E-state index contributed by atoms with van der Waals surface area (Å²) >= 11 is 0. The standard InChI is InChI=1S/C17H28N2O/c1-13(2)20-17-15(4)11-14(3)12-16(17)5-8-19-9-6-18-7-10-19/h11-13,18H,5-10H2,1-4H3. The average Bonchev–Trinajstić information content (AvgIpc) is 2.40. The number of nitrogens with zero attached hydrogens (tertiary/aromatic N) is 1. The van der Waals surface area contributed by atoms with Gasteiger partial charge in [0.1, 0.15) is 5.75 Å². The van der Waals surface area contributed by atoms with Crippen molar-refractivity contribution in [2.75, 3.05) is 32.7 Å². The highest BCUT2D eigenvalue weighted by Gasteiger charge is 2.13. The van der Waals surface area contributed by atoms with E-state index < -0.39 is 0 Å². The van der Waals surface area contributed by atoms with Gasteiger partial charge in [-0.25, -0.2) is 0 Å². The SMILES string of the molecule is Cc1cc(C)c(OC(C)C)c(CCN2CCNCC2)c1. The van der Waals surface area contributed by atoms with Crippen molar-refractivity contribution in [1.82, 2.24) is 10.2 Å². The van der Waals surface area contributed by atoms with E-state index in [1.165, 1.54) is 16.7 Å². The van der Waals surface area contributed by atoms with Crippen LogP contribution in [0, 0.1) is 13.8 Å². The van der Waals surface area contributed by atoms with Crippen molar-refractivity contribution in [2.24, 2.45) is 0 Å². The summed E-state index contributed by atoms with van der Waals surface area (Å²) in [6.07, 6.45) is 1.30. The molecule has 1 fully saturated rings. The monoisotopic (exact) mass is 276 g/mol. The third-order valence-corrected chi connectivity index (χ3v) is 3.76. The molecule has 1 aromatic carbocycles. The van der Waals surface area contributed by atoms with Gasteiger partial charge < -0.3 is 15.0 Å². The van der Waals surface area contributed by atoms with Crippen molar-refractivity contribution in [3.05, 3.63) is 28.8 Å². The molecule has 112 valence electrons. The molecule has 0 unspecified atom stereocenters. The molecule has 0 atom stereocenters. The fraction of sp³-hybridized carbons (Fsp3) is 0.647. The van der Waals surface area contributed by atoms with Gasteiger partial charge in [0.05, 0.1) is 6.10 Å². The molecule has 0 spiro atoms. The first-order chi connectivity index (χ1) is 9.56. The van der Waals surface area contributed by atoms with Crippen LogP contribution in [-0.4, -0.2) is 43.7 Å². The third kappa shape index (κ3) is 4.22. The van der Waals surface area contributed by atoms with Gasteiger partial charge in [0, 0.05) is 32.7 Å². The number of benzene rings is 1. The van der Waals surface area contributed by atoms with Crippen LogP contribution in [0.4, 0.5) is 0 Å². The number of ether oxygens (including phenoxy) is 1. The van der Waals surface area contributed by atoms with E-state index in [9.17, 15) is 0 Å². The molecular formula is C17H28N2O. The van der Waals surface area contributed by atoms with Gasteiger partial charge in [0.25, 0.3) is 0 Å². The Bertz CT molecular complexity index is 437. The van der Waals surface area contributed by atoms with E-state index in [0.29, 0.717) is 0 Å².